The molecule has 2 aromatic rings. The molecule has 11 nitrogen and oxygen atoms in total. The summed E-state index contributed by atoms with van der Waals surface area (Å²) in [6.07, 6.45) is -7.76. The summed E-state index contributed by atoms with van der Waals surface area (Å²) in [5.74, 6) is -2.65. The molecule has 2 aromatic carbocycles. The van der Waals surface area contributed by atoms with E-state index in [4.69, 9.17) is 9.47 Å². The van der Waals surface area contributed by atoms with E-state index in [9.17, 15) is 45.8 Å². The number of alkyl halides is 3. The van der Waals surface area contributed by atoms with Gasteiger partial charge in [-0.15, -0.1) is 0 Å². The zero-order valence-corrected chi connectivity index (χ0v) is 23.1. The quantitative estimate of drug-likeness (QED) is 0.357. The Morgan fingerprint density at radius 1 is 1.15 bits per heavy atom. The number of carboxylic acids is 1. The smallest absolute Gasteiger partial charge is 0.427 e. The third-order valence-corrected chi connectivity index (χ3v) is 8.20. The first-order valence-electron chi connectivity index (χ1n) is 11.9. The number of aliphatic carboxylic acids is 1. The summed E-state index contributed by atoms with van der Waals surface area (Å²) in [5, 5.41) is 21.4. The molecule has 1 aliphatic heterocycles. The first-order valence-corrected chi connectivity index (χ1v) is 13.4. The molecule has 0 spiro atoms. The number of sulfonamides is 1. The van der Waals surface area contributed by atoms with Gasteiger partial charge < -0.3 is 24.4 Å². The van der Waals surface area contributed by atoms with Crippen molar-refractivity contribution >= 4 is 33.5 Å². The number of hydrogen-bond acceptors (Lipinski definition) is 8. The number of carbonyl (C=O) groups excluding carboxylic acids is 1. The molecule has 16 heteroatoms. The normalized spacial score (nSPS) is 17.1. The van der Waals surface area contributed by atoms with Gasteiger partial charge in [0, 0.05) is 18.2 Å². The molecule has 41 heavy (non-hydrogen) atoms. The van der Waals surface area contributed by atoms with Crippen LogP contribution >= 0.6 is 0 Å². The van der Waals surface area contributed by atoms with Crippen LogP contribution in [-0.4, -0.2) is 68.8 Å². The van der Waals surface area contributed by atoms with Crippen molar-refractivity contribution in [3.63, 3.8) is 0 Å². The lowest BCUT2D eigenvalue weighted by atomic mass is 9.85. The summed E-state index contributed by atoms with van der Waals surface area (Å²) in [4.78, 5) is 23.6. The van der Waals surface area contributed by atoms with Crippen LogP contribution in [0.25, 0.3) is 0 Å². The van der Waals surface area contributed by atoms with E-state index in [0.29, 0.717) is 13.8 Å². The summed E-state index contributed by atoms with van der Waals surface area (Å²) in [5.41, 5.74) is -4.86. The van der Waals surface area contributed by atoms with Crippen molar-refractivity contribution in [3.05, 3.63) is 42.2 Å². The van der Waals surface area contributed by atoms with Crippen molar-refractivity contribution in [3.8, 4) is 11.5 Å². The van der Waals surface area contributed by atoms with Gasteiger partial charge in [-0.3, -0.25) is 14.4 Å². The van der Waals surface area contributed by atoms with Crippen LogP contribution in [0.1, 0.15) is 27.2 Å². The molecule has 2 atom stereocenters. The Balaban J connectivity index is 2.05. The van der Waals surface area contributed by atoms with Crippen LogP contribution in [0.4, 0.5) is 33.7 Å². The molecule has 0 bridgehead atoms. The Morgan fingerprint density at radius 3 is 2.37 bits per heavy atom. The Morgan fingerprint density at radius 2 is 1.80 bits per heavy atom. The lowest BCUT2D eigenvalue weighted by molar-refractivity contribution is -0.242. The van der Waals surface area contributed by atoms with Gasteiger partial charge in [0.2, 0.25) is 5.60 Å². The number of ether oxygens (including phenoxy) is 3. The van der Waals surface area contributed by atoms with Crippen molar-refractivity contribution in [1.82, 2.24) is 0 Å². The largest absolute Gasteiger partial charge is 0.494 e. The monoisotopic (exact) mass is 608 g/mol. The molecule has 1 aliphatic rings. The molecular formula is C25H28F4N2O9S. The number of methoxy groups -OCH3 is 1. The molecule has 1 amide bonds. The molecule has 2 unspecified atom stereocenters. The van der Waals surface area contributed by atoms with Gasteiger partial charge in [-0.05, 0) is 51.1 Å². The van der Waals surface area contributed by atoms with E-state index < -0.39 is 69.2 Å². The van der Waals surface area contributed by atoms with Gasteiger partial charge in [0.15, 0.2) is 11.6 Å². The molecule has 0 aliphatic carbocycles. The fourth-order valence-electron chi connectivity index (χ4n) is 3.81. The van der Waals surface area contributed by atoms with E-state index in [1.807, 2.05) is 0 Å². The molecule has 3 N–H and O–H groups in total. The van der Waals surface area contributed by atoms with E-state index in [2.05, 4.69) is 10.1 Å². The maximum absolute atomic E-state index is 14.0. The minimum Gasteiger partial charge on any atom is -0.494 e. The number of carboxylic acid groups (broad SMARTS) is 1. The van der Waals surface area contributed by atoms with Crippen LogP contribution in [0.2, 0.25) is 0 Å². The van der Waals surface area contributed by atoms with Gasteiger partial charge in [0.05, 0.1) is 36.3 Å². The molecule has 0 aromatic heterocycles. The third kappa shape index (κ3) is 6.59. The summed E-state index contributed by atoms with van der Waals surface area (Å²) in [7, 11) is -3.40. The molecule has 0 saturated carbocycles. The average Bonchev–Trinajstić information content (AvgIpc) is 2.87. The second kappa shape index (κ2) is 11.2. The minimum atomic E-state index is -4.87. The number of aliphatic hydroxyl groups is 1. The second-order valence-corrected chi connectivity index (χ2v) is 11.9. The molecule has 0 saturated heterocycles. The maximum Gasteiger partial charge on any atom is 0.427 e. The van der Waals surface area contributed by atoms with Crippen LogP contribution in [0, 0.1) is 11.2 Å². The van der Waals surface area contributed by atoms with Gasteiger partial charge >= 0.3 is 18.2 Å². The predicted molar refractivity (Wildman–Crippen MR) is 136 cm³/mol. The average molecular weight is 609 g/mol. The fourth-order valence-corrected chi connectivity index (χ4v) is 5.32. The van der Waals surface area contributed by atoms with Gasteiger partial charge in [-0.25, -0.2) is 17.6 Å². The standard InChI is InChI=1S/C25H28F4N2O9S/c1-23(2,25(27,28)29)40-22(35)30-14-5-8-19-18(9-14)31(12-15(39-19)11-24(3,13-32)21(33)34)41(36,37)16-6-7-17(26)20(10-16)38-4/h5-10,15,32H,11-13H2,1-4H3,(H,30,35)(H,33,34). The Bertz CT molecular complexity index is 1430. The fraction of sp³-hybridized carbons (Fsp3) is 0.440. The van der Waals surface area contributed by atoms with E-state index in [1.165, 1.54) is 19.1 Å². The van der Waals surface area contributed by atoms with Crippen LogP contribution in [-0.2, 0) is 19.6 Å². The highest BCUT2D eigenvalue weighted by atomic mass is 32.2. The molecule has 0 fully saturated rings. The molecule has 0 radical (unpaired) electrons. The number of fused-ring (bicyclic) bond motifs is 1. The lowest BCUT2D eigenvalue weighted by Crippen LogP contribution is -2.47. The Labute approximate surface area is 232 Å². The predicted octanol–water partition coefficient (Wildman–Crippen LogP) is 4.15. The zero-order chi connectivity index (χ0) is 31.0. The molecule has 1 heterocycles. The summed E-state index contributed by atoms with van der Waals surface area (Å²) >= 11 is 0. The highest BCUT2D eigenvalue weighted by molar-refractivity contribution is 7.92. The van der Waals surface area contributed by atoms with Crippen LogP contribution in [0.5, 0.6) is 11.5 Å². The maximum atomic E-state index is 14.0. The van der Waals surface area contributed by atoms with Gasteiger partial charge in [0.1, 0.15) is 11.9 Å². The van der Waals surface area contributed by atoms with Crippen molar-refractivity contribution in [2.75, 3.05) is 29.9 Å². The Hall–Kier alpha value is -3.79. The first-order chi connectivity index (χ1) is 18.8. The van der Waals surface area contributed by atoms with Gasteiger partial charge in [-0.1, -0.05) is 0 Å². The van der Waals surface area contributed by atoms with Crippen molar-refractivity contribution in [2.24, 2.45) is 5.41 Å². The number of hydrogen-bond donors (Lipinski definition) is 3. The van der Waals surface area contributed by atoms with Gasteiger partial charge in [-0.2, -0.15) is 13.2 Å². The number of rotatable bonds is 9. The third-order valence-electron chi connectivity index (χ3n) is 6.42. The van der Waals surface area contributed by atoms with Crippen LogP contribution in [0.3, 0.4) is 0 Å². The number of anilines is 2. The second-order valence-electron chi connectivity index (χ2n) is 10.0. The van der Waals surface area contributed by atoms with E-state index in [-0.39, 0.29) is 29.3 Å². The number of carbonyl (C=O) groups is 2. The molecule has 226 valence electrons. The van der Waals surface area contributed by atoms with E-state index in [0.717, 1.165) is 35.7 Å². The molecular weight excluding hydrogens is 580 g/mol. The number of nitrogens with one attached hydrogen (secondary N) is 1. The lowest BCUT2D eigenvalue weighted by Gasteiger charge is -2.38. The SMILES string of the molecule is COc1cc(S(=O)(=O)N2CC(CC(C)(CO)C(=O)O)Oc3ccc(NC(=O)OC(C)(C)C(F)(F)F)cc32)ccc1F. The topological polar surface area (TPSA) is 152 Å². The van der Waals surface area contributed by atoms with E-state index >= 15 is 0 Å². The summed E-state index contributed by atoms with van der Waals surface area (Å²) < 4.78 is 96.9. The minimum absolute atomic E-state index is 0.0841. The van der Waals surface area contributed by atoms with Crippen LogP contribution in [0.15, 0.2) is 41.3 Å². The summed E-state index contributed by atoms with van der Waals surface area (Å²) in [6.45, 7) is 1.29. The number of aliphatic hydroxyl groups excluding tert-OH is 1. The van der Waals surface area contributed by atoms with Crippen molar-refractivity contribution < 1.29 is 60.0 Å². The first kappa shape index (κ1) is 31.7. The highest BCUT2D eigenvalue weighted by Crippen LogP contribution is 2.42. The number of halogens is 4. The van der Waals surface area contributed by atoms with E-state index in [1.54, 1.807) is 0 Å². The number of benzene rings is 2. The van der Waals surface area contributed by atoms with Crippen molar-refractivity contribution in [1.29, 1.82) is 0 Å². The summed E-state index contributed by atoms with van der Waals surface area (Å²) in [6, 6.07) is 6.31. The van der Waals surface area contributed by atoms with Crippen molar-refractivity contribution in [2.45, 2.75) is 50.0 Å². The Kier molecular flexibility index (Phi) is 8.70. The number of amides is 1. The number of nitrogens with zero attached hydrogens (tertiary/aromatic N) is 1. The highest BCUT2D eigenvalue weighted by Gasteiger charge is 2.51. The van der Waals surface area contributed by atoms with Crippen LogP contribution < -0.4 is 19.1 Å². The zero-order valence-electron chi connectivity index (χ0n) is 22.3. The van der Waals surface area contributed by atoms with Gasteiger partial charge in [0.25, 0.3) is 10.0 Å². The molecule has 3 rings (SSSR count).